The molecule has 0 aliphatic carbocycles. The van der Waals surface area contributed by atoms with Crippen LogP contribution in [-0.4, -0.2) is 40.4 Å². The lowest BCUT2D eigenvalue weighted by Gasteiger charge is -2.36. The molecule has 1 aromatic heterocycles. The molecule has 1 aliphatic rings. The first-order valence-corrected chi connectivity index (χ1v) is 6.71. The highest BCUT2D eigenvalue weighted by Gasteiger charge is 2.31. The third-order valence-corrected chi connectivity index (χ3v) is 3.80. The zero-order valence-corrected chi connectivity index (χ0v) is 11.8. The van der Waals surface area contributed by atoms with Gasteiger partial charge in [-0.3, -0.25) is 9.48 Å². The molecule has 0 aromatic carbocycles. The fourth-order valence-corrected chi connectivity index (χ4v) is 2.86. The normalized spacial score (nSPS) is 19.6. The third-order valence-electron chi connectivity index (χ3n) is 3.80. The minimum Gasteiger partial charge on any atom is -0.391 e. The second-order valence-corrected chi connectivity index (χ2v) is 4.99. The molecule has 6 heteroatoms. The molecule has 19 heavy (non-hydrogen) atoms. The van der Waals surface area contributed by atoms with Crippen LogP contribution < -0.4 is 10.2 Å². The van der Waals surface area contributed by atoms with Gasteiger partial charge in [0.2, 0.25) is 5.91 Å². The van der Waals surface area contributed by atoms with Gasteiger partial charge in [-0.05, 0) is 26.2 Å². The van der Waals surface area contributed by atoms with Gasteiger partial charge in [-0.2, -0.15) is 5.10 Å². The number of amides is 1. The van der Waals surface area contributed by atoms with E-state index in [1.165, 1.54) is 0 Å². The summed E-state index contributed by atoms with van der Waals surface area (Å²) in [7, 11) is 3.52. The second-order valence-electron chi connectivity index (χ2n) is 4.99. The first kappa shape index (κ1) is 13.9. The molecule has 1 atom stereocenters. The summed E-state index contributed by atoms with van der Waals surface area (Å²) in [6.45, 7) is 2.66. The average molecular weight is 266 g/mol. The van der Waals surface area contributed by atoms with Crippen LogP contribution in [0, 0.1) is 6.92 Å². The summed E-state index contributed by atoms with van der Waals surface area (Å²) in [5, 5.41) is 16.6. The molecule has 6 nitrogen and oxygen atoms in total. The predicted molar refractivity (Wildman–Crippen MR) is 72.9 cm³/mol. The minimum atomic E-state index is -0.168. The number of hydrogen-bond acceptors (Lipinski definition) is 4. The number of carbonyl (C=O) groups excluding carboxylic acids is 1. The lowest BCUT2D eigenvalue weighted by molar-refractivity contribution is -0.122. The van der Waals surface area contributed by atoms with E-state index in [0.29, 0.717) is 0 Å². The van der Waals surface area contributed by atoms with Crippen LogP contribution in [0.15, 0.2) is 0 Å². The van der Waals surface area contributed by atoms with Crippen molar-refractivity contribution in [2.45, 2.75) is 38.8 Å². The number of anilines is 1. The lowest BCUT2D eigenvalue weighted by Crippen LogP contribution is -2.49. The van der Waals surface area contributed by atoms with Crippen molar-refractivity contribution < 1.29 is 9.90 Å². The summed E-state index contributed by atoms with van der Waals surface area (Å²) in [5.41, 5.74) is 1.64. The van der Waals surface area contributed by atoms with Gasteiger partial charge in [0, 0.05) is 26.2 Å². The van der Waals surface area contributed by atoms with E-state index < -0.39 is 0 Å². The molecule has 0 saturated carbocycles. The fraction of sp³-hybridized carbons (Fsp3) is 0.692. The number of rotatable bonds is 3. The fourth-order valence-electron chi connectivity index (χ4n) is 2.86. The van der Waals surface area contributed by atoms with Crippen LogP contribution in [0.3, 0.4) is 0 Å². The molecule has 1 saturated heterocycles. The van der Waals surface area contributed by atoms with E-state index in [4.69, 9.17) is 0 Å². The SMILES string of the molecule is CNC(=O)C1CCCCN1c1c(CO)c(C)nn1C. The van der Waals surface area contributed by atoms with Gasteiger partial charge in [-0.25, -0.2) is 0 Å². The van der Waals surface area contributed by atoms with E-state index >= 15 is 0 Å². The van der Waals surface area contributed by atoms with Crippen LogP contribution >= 0.6 is 0 Å². The Balaban J connectivity index is 2.40. The zero-order valence-electron chi connectivity index (χ0n) is 11.8. The molecular formula is C13H22N4O2. The van der Waals surface area contributed by atoms with E-state index in [9.17, 15) is 9.90 Å². The second kappa shape index (κ2) is 5.61. The lowest BCUT2D eigenvalue weighted by atomic mass is 10.0. The molecule has 0 bridgehead atoms. The van der Waals surface area contributed by atoms with Crippen molar-refractivity contribution in [2.75, 3.05) is 18.5 Å². The molecule has 2 rings (SSSR count). The minimum absolute atomic E-state index is 0.0300. The van der Waals surface area contributed by atoms with Crippen molar-refractivity contribution in [3.8, 4) is 0 Å². The van der Waals surface area contributed by atoms with Gasteiger partial charge in [0.15, 0.2) is 0 Å². The quantitative estimate of drug-likeness (QED) is 0.827. The van der Waals surface area contributed by atoms with Crippen molar-refractivity contribution >= 4 is 11.7 Å². The average Bonchev–Trinajstić information content (AvgIpc) is 2.71. The van der Waals surface area contributed by atoms with Gasteiger partial charge in [0.25, 0.3) is 0 Å². The Morgan fingerprint density at radius 1 is 1.53 bits per heavy atom. The van der Waals surface area contributed by atoms with Gasteiger partial charge in [-0.1, -0.05) is 0 Å². The third kappa shape index (κ3) is 2.45. The molecule has 2 N–H and O–H groups in total. The van der Waals surface area contributed by atoms with Crippen LogP contribution in [0.2, 0.25) is 0 Å². The molecule has 1 fully saturated rings. The molecule has 2 heterocycles. The zero-order chi connectivity index (χ0) is 14.0. The number of carbonyl (C=O) groups is 1. The summed E-state index contributed by atoms with van der Waals surface area (Å²) < 4.78 is 1.77. The summed E-state index contributed by atoms with van der Waals surface area (Å²) in [6, 6.07) is -0.168. The first-order chi connectivity index (χ1) is 9.10. The molecule has 106 valence electrons. The number of aryl methyl sites for hydroxylation is 2. The van der Waals surface area contributed by atoms with Crippen molar-refractivity contribution in [2.24, 2.45) is 7.05 Å². The van der Waals surface area contributed by atoms with E-state index in [1.54, 1.807) is 11.7 Å². The number of aliphatic hydroxyl groups is 1. The summed E-state index contributed by atoms with van der Waals surface area (Å²) in [4.78, 5) is 14.1. The van der Waals surface area contributed by atoms with Gasteiger partial charge in [-0.15, -0.1) is 0 Å². The van der Waals surface area contributed by atoms with Gasteiger partial charge in [0.05, 0.1) is 12.3 Å². The molecule has 0 radical (unpaired) electrons. The van der Waals surface area contributed by atoms with E-state index in [1.807, 2.05) is 14.0 Å². The van der Waals surface area contributed by atoms with Crippen molar-refractivity contribution in [1.82, 2.24) is 15.1 Å². The van der Waals surface area contributed by atoms with Crippen LogP contribution in [0.4, 0.5) is 5.82 Å². The number of nitrogens with zero attached hydrogens (tertiary/aromatic N) is 3. The van der Waals surface area contributed by atoms with E-state index in [0.717, 1.165) is 42.9 Å². The number of piperidine rings is 1. The smallest absolute Gasteiger partial charge is 0.242 e. The van der Waals surface area contributed by atoms with Crippen LogP contribution in [0.25, 0.3) is 0 Å². The topological polar surface area (TPSA) is 70.4 Å². The van der Waals surface area contributed by atoms with Gasteiger partial charge in [0.1, 0.15) is 11.9 Å². The Kier molecular flexibility index (Phi) is 4.09. The Morgan fingerprint density at radius 2 is 2.26 bits per heavy atom. The largest absolute Gasteiger partial charge is 0.391 e. The van der Waals surface area contributed by atoms with E-state index in [2.05, 4.69) is 15.3 Å². The number of likely N-dealkylation sites (N-methyl/N-ethyl adjacent to an activating group) is 1. The standard InChI is InChI=1S/C13H22N4O2/c1-9-10(8-18)13(16(3)15-9)17-7-5-4-6-11(17)12(19)14-2/h11,18H,4-8H2,1-3H3,(H,14,19). The molecule has 1 amide bonds. The van der Waals surface area contributed by atoms with Crippen LogP contribution in [0.1, 0.15) is 30.5 Å². The summed E-state index contributed by atoms with van der Waals surface area (Å²) in [5.74, 6) is 0.899. The van der Waals surface area contributed by atoms with Crippen molar-refractivity contribution in [1.29, 1.82) is 0 Å². The molecule has 0 spiro atoms. The van der Waals surface area contributed by atoms with Crippen molar-refractivity contribution in [3.05, 3.63) is 11.3 Å². The highest BCUT2D eigenvalue weighted by molar-refractivity contribution is 5.85. The number of aliphatic hydroxyl groups excluding tert-OH is 1. The maximum absolute atomic E-state index is 12.0. The van der Waals surface area contributed by atoms with Crippen LogP contribution in [0.5, 0.6) is 0 Å². The van der Waals surface area contributed by atoms with Crippen molar-refractivity contribution in [3.63, 3.8) is 0 Å². The van der Waals surface area contributed by atoms with Gasteiger partial charge >= 0.3 is 0 Å². The molecule has 1 aliphatic heterocycles. The first-order valence-electron chi connectivity index (χ1n) is 6.71. The number of hydrogen-bond donors (Lipinski definition) is 2. The molecule has 1 unspecified atom stereocenters. The Morgan fingerprint density at radius 3 is 2.89 bits per heavy atom. The monoisotopic (exact) mass is 266 g/mol. The molecular weight excluding hydrogens is 244 g/mol. The number of aromatic nitrogens is 2. The Bertz CT molecular complexity index is 469. The predicted octanol–water partition coefficient (Wildman–Crippen LogP) is 0.326. The van der Waals surface area contributed by atoms with Crippen LogP contribution in [-0.2, 0) is 18.4 Å². The van der Waals surface area contributed by atoms with Gasteiger partial charge < -0.3 is 15.3 Å². The number of nitrogens with one attached hydrogen (secondary N) is 1. The van der Waals surface area contributed by atoms with E-state index in [-0.39, 0.29) is 18.6 Å². The summed E-state index contributed by atoms with van der Waals surface area (Å²) in [6.07, 6.45) is 2.96. The maximum atomic E-state index is 12.0. The highest BCUT2D eigenvalue weighted by atomic mass is 16.3. The highest BCUT2D eigenvalue weighted by Crippen LogP contribution is 2.29. The maximum Gasteiger partial charge on any atom is 0.242 e. The summed E-state index contributed by atoms with van der Waals surface area (Å²) >= 11 is 0. The Hall–Kier alpha value is -1.56. The molecule has 1 aromatic rings. The Labute approximate surface area is 113 Å².